The number of aromatic carboxylic acids is 1. The average Bonchev–Trinajstić information content (AvgIpc) is 2.50. The van der Waals surface area contributed by atoms with Crippen LogP contribution in [0, 0.1) is 11.3 Å². The van der Waals surface area contributed by atoms with E-state index in [1.54, 1.807) is 18.2 Å². The third-order valence-corrected chi connectivity index (χ3v) is 3.25. The Hall–Kier alpha value is -2.62. The second-order valence-corrected chi connectivity index (χ2v) is 5.07. The molecule has 0 radical (unpaired) electrons. The molecule has 2 rings (SSSR count). The summed E-state index contributed by atoms with van der Waals surface area (Å²) in [6, 6.07) is 9.37. The van der Waals surface area contributed by atoms with Crippen molar-refractivity contribution in [2.45, 2.75) is 0 Å². The summed E-state index contributed by atoms with van der Waals surface area (Å²) in [6.07, 6.45) is 0. The summed E-state index contributed by atoms with van der Waals surface area (Å²) in [5.74, 6) is -0.895. The molecule has 0 spiro atoms. The minimum atomic E-state index is -1.10. The molecule has 23 heavy (non-hydrogen) atoms. The predicted molar refractivity (Wildman–Crippen MR) is 90.0 cm³/mol. The van der Waals surface area contributed by atoms with Gasteiger partial charge in [-0.3, -0.25) is 0 Å². The highest BCUT2D eigenvalue weighted by molar-refractivity contribution is 6.33. The van der Waals surface area contributed by atoms with Gasteiger partial charge in [0.15, 0.2) is 0 Å². The smallest absolute Gasteiger partial charge is 0.339 e. The van der Waals surface area contributed by atoms with Gasteiger partial charge in [-0.2, -0.15) is 5.26 Å². The van der Waals surface area contributed by atoms with Crippen LogP contribution >= 0.6 is 23.2 Å². The van der Waals surface area contributed by atoms with E-state index in [1.807, 2.05) is 6.07 Å². The number of carbonyl (C=O) groups is 1. The summed E-state index contributed by atoms with van der Waals surface area (Å²) in [5.41, 5.74) is 12.1. The maximum atomic E-state index is 10.7. The molecule has 2 aromatic rings. The summed E-state index contributed by atoms with van der Waals surface area (Å²) in [4.78, 5) is 10.7. The lowest BCUT2D eigenvalue weighted by atomic mass is 10.2. The van der Waals surface area contributed by atoms with E-state index >= 15 is 0 Å². The van der Waals surface area contributed by atoms with Gasteiger partial charge in [0.25, 0.3) is 0 Å². The lowest BCUT2D eigenvalue weighted by Crippen LogP contribution is -2.01. The van der Waals surface area contributed by atoms with Gasteiger partial charge in [0.2, 0.25) is 0 Å². The molecule has 0 fully saturated rings. The normalized spacial score (nSPS) is 9.30. The van der Waals surface area contributed by atoms with Crippen molar-refractivity contribution >= 4 is 40.5 Å². The van der Waals surface area contributed by atoms with Gasteiger partial charge in [-0.15, -0.1) is 0 Å². The summed E-state index contributed by atoms with van der Waals surface area (Å²) >= 11 is 11.2. The van der Waals surface area contributed by atoms with Gasteiger partial charge in [0.1, 0.15) is 17.4 Å². The van der Waals surface area contributed by atoms with E-state index < -0.39 is 5.97 Å². The molecule has 120 valence electrons. The predicted octanol–water partition coefficient (Wildman–Crippen LogP) is 3.42. The zero-order chi connectivity index (χ0) is 17.6. The van der Waals surface area contributed by atoms with Gasteiger partial charge >= 0.3 is 5.97 Å². The lowest BCUT2D eigenvalue weighted by molar-refractivity contribution is 0.0693. The number of rotatable bonds is 2. The number of methoxy groups -OCH3 is 1. The van der Waals surface area contributed by atoms with Crippen LogP contribution in [-0.2, 0) is 0 Å². The molecule has 0 saturated heterocycles. The van der Waals surface area contributed by atoms with E-state index in [-0.39, 0.29) is 16.3 Å². The molecule has 0 bridgehead atoms. The molecule has 0 unspecified atom stereocenters. The molecule has 0 atom stereocenters. The van der Waals surface area contributed by atoms with Gasteiger partial charge < -0.3 is 21.3 Å². The number of nitrogens with two attached hydrogens (primary N) is 2. The van der Waals surface area contributed by atoms with E-state index in [0.29, 0.717) is 22.0 Å². The van der Waals surface area contributed by atoms with Crippen molar-refractivity contribution < 1.29 is 14.6 Å². The first kappa shape index (κ1) is 18.4. The Morgan fingerprint density at radius 2 is 1.87 bits per heavy atom. The van der Waals surface area contributed by atoms with Gasteiger partial charge in [-0.05, 0) is 24.3 Å². The van der Waals surface area contributed by atoms with Crippen molar-refractivity contribution in [1.29, 1.82) is 5.26 Å². The SMILES string of the molecule is COc1cc(N)c(Cl)cc1C(=O)O.N#Cc1ccc(Cl)cc1N. The van der Waals surface area contributed by atoms with Crippen LogP contribution in [0.4, 0.5) is 11.4 Å². The van der Waals surface area contributed by atoms with Crippen molar-refractivity contribution in [2.24, 2.45) is 0 Å². The van der Waals surface area contributed by atoms with Crippen molar-refractivity contribution in [3.8, 4) is 11.8 Å². The standard InChI is InChI=1S/C8H8ClNO3.C7H5ClN2/c1-13-7-3-6(10)5(9)2-4(7)8(11)12;8-6-2-1-5(4-9)7(10)3-6/h2-3H,10H2,1H3,(H,11,12);1-3H,10H2. The maximum Gasteiger partial charge on any atom is 0.339 e. The van der Waals surface area contributed by atoms with Crippen LogP contribution in [0.5, 0.6) is 5.75 Å². The fraction of sp³-hybridized carbons (Fsp3) is 0.0667. The molecule has 0 aliphatic heterocycles. The Morgan fingerprint density at radius 3 is 2.35 bits per heavy atom. The second-order valence-electron chi connectivity index (χ2n) is 4.22. The number of carboxylic acids is 1. The van der Waals surface area contributed by atoms with E-state index in [0.717, 1.165) is 0 Å². The topological polar surface area (TPSA) is 122 Å². The zero-order valence-electron chi connectivity index (χ0n) is 12.0. The highest BCUT2D eigenvalue weighted by Gasteiger charge is 2.13. The van der Waals surface area contributed by atoms with Crippen LogP contribution in [0.25, 0.3) is 0 Å². The van der Waals surface area contributed by atoms with Gasteiger partial charge in [-0.25, -0.2) is 4.79 Å². The van der Waals surface area contributed by atoms with E-state index in [9.17, 15) is 4.79 Å². The van der Waals surface area contributed by atoms with Crippen LogP contribution in [0.1, 0.15) is 15.9 Å². The van der Waals surface area contributed by atoms with Gasteiger partial charge in [0.05, 0.1) is 29.1 Å². The number of halogens is 2. The van der Waals surface area contributed by atoms with E-state index in [2.05, 4.69) is 0 Å². The Kier molecular flexibility index (Phi) is 6.51. The number of benzene rings is 2. The van der Waals surface area contributed by atoms with Gasteiger partial charge in [-0.1, -0.05) is 23.2 Å². The van der Waals surface area contributed by atoms with Crippen LogP contribution in [0.3, 0.4) is 0 Å². The maximum absolute atomic E-state index is 10.7. The van der Waals surface area contributed by atoms with E-state index in [4.69, 9.17) is 49.8 Å². The summed E-state index contributed by atoms with van der Waals surface area (Å²) in [7, 11) is 1.37. The molecule has 0 aliphatic rings. The molecule has 0 aliphatic carbocycles. The number of hydrogen-bond acceptors (Lipinski definition) is 5. The minimum absolute atomic E-state index is 0.00157. The largest absolute Gasteiger partial charge is 0.496 e. The van der Waals surface area contributed by atoms with Crippen molar-refractivity contribution in [3.05, 3.63) is 51.5 Å². The van der Waals surface area contributed by atoms with Crippen LogP contribution in [-0.4, -0.2) is 18.2 Å². The van der Waals surface area contributed by atoms with Crippen LogP contribution in [0.15, 0.2) is 30.3 Å². The molecular formula is C15H13Cl2N3O3. The Balaban J connectivity index is 0.000000238. The number of nitrogens with zero attached hydrogens (tertiary/aromatic N) is 1. The minimum Gasteiger partial charge on any atom is -0.496 e. The monoisotopic (exact) mass is 353 g/mol. The van der Waals surface area contributed by atoms with E-state index in [1.165, 1.54) is 19.2 Å². The fourth-order valence-corrected chi connectivity index (χ4v) is 1.88. The molecule has 6 nitrogen and oxygen atoms in total. The van der Waals surface area contributed by atoms with Gasteiger partial charge in [0, 0.05) is 11.1 Å². The molecular weight excluding hydrogens is 341 g/mol. The number of nitriles is 1. The van der Waals surface area contributed by atoms with Crippen molar-refractivity contribution in [1.82, 2.24) is 0 Å². The Labute approximate surface area is 142 Å². The van der Waals surface area contributed by atoms with Crippen molar-refractivity contribution in [3.63, 3.8) is 0 Å². The summed E-state index contributed by atoms with van der Waals surface area (Å²) in [5, 5.41) is 17.9. The summed E-state index contributed by atoms with van der Waals surface area (Å²) in [6.45, 7) is 0. The highest BCUT2D eigenvalue weighted by atomic mass is 35.5. The number of hydrogen-bond donors (Lipinski definition) is 3. The second kappa shape index (κ2) is 8.13. The first-order chi connectivity index (χ1) is 10.8. The molecule has 5 N–H and O–H groups in total. The van der Waals surface area contributed by atoms with Crippen LogP contribution in [0.2, 0.25) is 10.0 Å². The third kappa shape index (κ3) is 4.95. The Morgan fingerprint density at radius 1 is 1.22 bits per heavy atom. The number of carboxylic acid groups (broad SMARTS) is 1. The quantitative estimate of drug-likeness (QED) is 0.710. The third-order valence-electron chi connectivity index (χ3n) is 2.68. The molecule has 2 aromatic carbocycles. The molecule has 0 aromatic heterocycles. The van der Waals surface area contributed by atoms with Crippen LogP contribution < -0.4 is 16.2 Å². The number of nitrogen functional groups attached to an aromatic ring is 2. The molecule has 8 heteroatoms. The molecule has 0 amide bonds. The molecule has 0 saturated carbocycles. The Bertz CT molecular complexity index is 773. The zero-order valence-corrected chi connectivity index (χ0v) is 13.5. The highest BCUT2D eigenvalue weighted by Crippen LogP contribution is 2.28. The average molecular weight is 354 g/mol. The van der Waals surface area contributed by atoms with Crippen molar-refractivity contribution in [2.75, 3.05) is 18.6 Å². The number of anilines is 2. The fourth-order valence-electron chi connectivity index (χ4n) is 1.54. The number of ether oxygens (including phenoxy) is 1. The summed E-state index contributed by atoms with van der Waals surface area (Å²) < 4.78 is 4.82. The lowest BCUT2D eigenvalue weighted by Gasteiger charge is -2.06. The molecule has 0 heterocycles. The first-order valence-electron chi connectivity index (χ1n) is 6.11. The first-order valence-corrected chi connectivity index (χ1v) is 6.87.